The van der Waals surface area contributed by atoms with Gasteiger partial charge in [-0.3, -0.25) is 4.79 Å². The van der Waals surface area contributed by atoms with Crippen molar-refractivity contribution in [1.29, 1.82) is 0 Å². The minimum Gasteiger partial charge on any atom is -0.352 e. The lowest BCUT2D eigenvalue weighted by atomic mass is 10.2. The molecule has 0 unspecified atom stereocenters. The third-order valence-electron chi connectivity index (χ3n) is 3.63. The van der Waals surface area contributed by atoms with Gasteiger partial charge in [-0.05, 0) is 23.3 Å². The average Bonchev–Trinajstić information content (AvgIpc) is 2.62. The standard InChI is InChI=1S/C19H22Cl2N4O/c1-25(2)18(26)13-24-19(22-11-14-6-4-3-5-7-14)23-12-15-8-9-16(20)10-17(15)21/h3-10H,11-13H2,1-2H3,(H2,22,23,24). The zero-order valence-corrected chi connectivity index (χ0v) is 16.3. The average molecular weight is 393 g/mol. The minimum absolute atomic E-state index is 0.0382. The van der Waals surface area contributed by atoms with Crippen LogP contribution in [0.4, 0.5) is 0 Å². The van der Waals surface area contributed by atoms with E-state index in [-0.39, 0.29) is 12.5 Å². The number of guanidine groups is 1. The van der Waals surface area contributed by atoms with Crippen LogP contribution in [0.5, 0.6) is 0 Å². The molecule has 0 saturated heterocycles. The zero-order chi connectivity index (χ0) is 18.9. The van der Waals surface area contributed by atoms with E-state index in [2.05, 4.69) is 15.6 Å². The van der Waals surface area contributed by atoms with E-state index in [0.717, 1.165) is 11.1 Å². The number of rotatable bonds is 6. The fourth-order valence-corrected chi connectivity index (χ4v) is 2.56. The molecule has 2 N–H and O–H groups in total. The van der Waals surface area contributed by atoms with Crippen molar-refractivity contribution in [3.8, 4) is 0 Å². The number of amides is 1. The van der Waals surface area contributed by atoms with E-state index in [1.165, 1.54) is 4.90 Å². The molecule has 2 rings (SSSR count). The van der Waals surface area contributed by atoms with Gasteiger partial charge < -0.3 is 15.5 Å². The van der Waals surface area contributed by atoms with Crippen LogP contribution in [0.1, 0.15) is 11.1 Å². The second kappa shape index (κ2) is 10.0. The highest BCUT2D eigenvalue weighted by molar-refractivity contribution is 6.35. The number of aliphatic imine (C=N–C) groups is 1. The van der Waals surface area contributed by atoms with Crippen LogP contribution in [-0.2, 0) is 17.9 Å². The van der Waals surface area contributed by atoms with Crippen molar-refractivity contribution in [2.75, 3.05) is 20.6 Å². The topological polar surface area (TPSA) is 56.7 Å². The van der Waals surface area contributed by atoms with E-state index in [9.17, 15) is 4.79 Å². The fourth-order valence-electron chi connectivity index (χ4n) is 2.09. The SMILES string of the molecule is CN(C)C(=O)CNC(=NCc1ccccc1)NCc1ccc(Cl)cc1Cl. The normalized spacial score (nSPS) is 11.2. The number of likely N-dealkylation sites (N-methyl/N-ethyl adjacent to an activating group) is 1. The van der Waals surface area contributed by atoms with Gasteiger partial charge in [0.15, 0.2) is 5.96 Å². The lowest BCUT2D eigenvalue weighted by Gasteiger charge is -2.15. The first-order valence-electron chi connectivity index (χ1n) is 8.16. The summed E-state index contributed by atoms with van der Waals surface area (Å²) in [6.45, 7) is 1.12. The van der Waals surface area contributed by atoms with E-state index < -0.39 is 0 Å². The highest BCUT2D eigenvalue weighted by Gasteiger charge is 2.07. The van der Waals surface area contributed by atoms with Gasteiger partial charge in [-0.2, -0.15) is 0 Å². The molecule has 0 aliphatic rings. The van der Waals surface area contributed by atoms with Gasteiger partial charge in [0.2, 0.25) is 5.91 Å². The molecule has 0 spiro atoms. The van der Waals surface area contributed by atoms with Gasteiger partial charge >= 0.3 is 0 Å². The summed E-state index contributed by atoms with van der Waals surface area (Å²) in [4.78, 5) is 17.9. The second-order valence-electron chi connectivity index (χ2n) is 5.88. The maximum absolute atomic E-state index is 11.8. The van der Waals surface area contributed by atoms with Crippen molar-refractivity contribution in [3.63, 3.8) is 0 Å². The van der Waals surface area contributed by atoms with Crippen molar-refractivity contribution in [3.05, 3.63) is 69.7 Å². The van der Waals surface area contributed by atoms with Gasteiger partial charge in [0.1, 0.15) is 0 Å². The largest absolute Gasteiger partial charge is 0.352 e. The number of nitrogens with zero attached hydrogens (tertiary/aromatic N) is 2. The molecule has 138 valence electrons. The maximum Gasteiger partial charge on any atom is 0.241 e. The van der Waals surface area contributed by atoms with E-state index in [4.69, 9.17) is 23.2 Å². The molecule has 26 heavy (non-hydrogen) atoms. The number of carbonyl (C=O) groups is 1. The molecule has 0 fully saturated rings. The van der Waals surface area contributed by atoms with Crippen molar-refractivity contribution in [2.45, 2.75) is 13.1 Å². The van der Waals surface area contributed by atoms with Crippen molar-refractivity contribution < 1.29 is 4.79 Å². The molecule has 0 aliphatic carbocycles. The first-order valence-corrected chi connectivity index (χ1v) is 8.91. The third-order valence-corrected chi connectivity index (χ3v) is 4.22. The Hall–Kier alpha value is -2.24. The minimum atomic E-state index is -0.0382. The fraction of sp³-hybridized carbons (Fsp3) is 0.263. The molecule has 0 saturated carbocycles. The van der Waals surface area contributed by atoms with Crippen molar-refractivity contribution in [2.24, 2.45) is 4.99 Å². The number of nitrogens with one attached hydrogen (secondary N) is 2. The highest BCUT2D eigenvalue weighted by atomic mass is 35.5. The summed E-state index contributed by atoms with van der Waals surface area (Å²) < 4.78 is 0. The molecule has 0 heterocycles. The predicted molar refractivity (Wildman–Crippen MR) is 108 cm³/mol. The highest BCUT2D eigenvalue weighted by Crippen LogP contribution is 2.20. The molecule has 0 radical (unpaired) electrons. The van der Waals surface area contributed by atoms with Crippen LogP contribution in [0.15, 0.2) is 53.5 Å². The molecule has 1 amide bonds. The monoisotopic (exact) mass is 392 g/mol. The van der Waals surface area contributed by atoms with Gasteiger partial charge in [-0.1, -0.05) is 59.6 Å². The third kappa shape index (κ3) is 6.58. The molecule has 0 bridgehead atoms. The molecule has 0 aromatic heterocycles. The van der Waals surface area contributed by atoms with Crippen LogP contribution in [0.2, 0.25) is 10.0 Å². The number of halogens is 2. The quantitative estimate of drug-likeness (QED) is 0.585. The summed E-state index contributed by atoms with van der Waals surface area (Å²) in [7, 11) is 3.43. The Bertz CT molecular complexity index is 763. The first kappa shape index (κ1) is 20.1. The summed E-state index contributed by atoms with van der Waals surface area (Å²) in [5.41, 5.74) is 1.97. The molecule has 0 atom stereocenters. The molecule has 7 heteroatoms. The van der Waals surface area contributed by atoms with Gasteiger partial charge in [0.25, 0.3) is 0 Å². The Kier molecular flexibility index (Phi) is 7.75. The van der Waals surface area contributed by atoms with Gasteiger partial charge in [0, 0.05) is 30.7 Å². The van der Waals surface area contributed by atoms with Crippen LogP contribution in [0.25, 0.3) is 0 Å². The Labute approximate surface area is 164 Å². The lowest BCUT2D eigenvalue weighted by Crippen LogP contribution is -2.42. The summed E-state index contributed by atoms with van der Waals surface area (Å²) in [5.74, 6) is 0.499. The smallest absolute Gasteiger partial charge is 0.241 e. The molecular weight excluding hydrogens is 371 g/mol. The summed E-state index contributed by atoms with van der Waals surface area (Å²) in [6.07, 6.45) is 0. The van der Waals surface area contributed by atoms with Crippen LogP contribution in [0.3, 0.4) is 0 Å². The predicted octanol–water partition coefficient (Wildman–Crippen LogP) is 3.32. The Balaban J connectivity index is 2.04. The number of hydrogen-bond donors (Lipinski definition) is 2. The van der Waals surface area contributed by atoms with Crippen molar-refractivity contribution >= 4 is 35.1 Å². The Morgan fingerprint density at radius 1 is 1.08 bits per heavy atom. The van der Waals surface area contributed by atoms with Crippen molar-refractivity contribution in [1.82, 2.24) is 15.5 Å². The molecule has 2 aromatic rings. The van der Waals surface area contributed by atoms with Crippen LogP contribution < -0.4 is 10.6 Å². The van der Waals surface area contributed by atoms with Crippen LogP contribution in [0, 0.1) is 0 Å². The van der Waals surface area contributed by atoms with E-state index in [1.807, 2.05) is 36.4 Å². The Morgan fingerprint density at radius 2 is 1.81 bits per heavy atom. The van der Waals surface area contributed by atoms with Gasteiger partial charge in [0.05, 0.1) is 13.1 Å². The van der Waals surface area contributed by atoms with E-state index in [0.29, 0.717) is 29.1 Å². The number of hydrogen-bond acceptors (Lipinski definition) is 2. The zero-order valence-electron chi connectivity index (χ0n) is 14.8. The van der Waals surface area contributed by atoms with Gasteiger partial charge in [-0.15, -0.1) is 0 Å². The molecule has 0 aliphatic heterocycles. The number of carbonyl (C=O) groups excluding carboxylic acids is 1. The van der Waals surface area contributed by atoms with Crippen LogP contribution >= 0.6 is 23.2 Å². The summed E-state index contributed by atoms with van der Waals surface area (Å²) in [6, 6.07) is 15.2. The maximum atomic E-state index is 11.8. The molecule has 2 aromatic carbocycles. The van der Waals surface area contributed by atoms with E-state index in [1.54, 1.807) is 26.2 Å². The Morgan fingerprint density at radius 3 is 2.46 bits per heavy atom. The van der Waals surface area contributed by atoms with Crippen LogP contribution in [-0.4, -0.2) is 37.4 Å². The summed E-state index contributed by atoms with van der Waals surface area (Å²) in [5, 5.41) is 7.42. The van der Waals surface area contributed by atoms with E-state index >= 15 is 0 Å². The molecular formula is C19H22Cl2N4O. The summed E-state index contributed by atoms with van der Waals surface area (Å²) >= 11 is 12.1. The van der Waals surface area contributed by atoms with Gasteiger partial charge in [-0.25, -0.2) is 4.99 Å². The lowest BCUT2D eigenvalue weighted by molar-refractivity contribution is -0.127. The number of benzene rings is 2. The molecule has 5 nitrogen and oxygen atoms in total. The first-order chi connectivity index (χ1) is 12.5. The second-order valence-corrected chi connectivity index (χ2v) is 6.73.